The molecular weight excluding hydrogens is 216 g/mol. The van der Waals surface area contributed by atoms with E-state index < -0.39 is 21.1 Å². The van der Waals surface area contributed by atoms with Crippen LogP contribution < -0.4 is 0 Å². The molecular formula is C10H20O4S. The number of carbonyl (C=O) groups is 1. The first-order valence-corrected chi connectivity index (χ1v) is 7.05. The second-order valence-electron chi connectivity index (χ2n) is 3.47. The third-order valence-corrected chi connectivity index (χ3v) is 4.32. The van der Waals surface area contributed by atoms with Crippen LogP contribution in [0.2, 0.25) is 0 Å². The van der Waals surface area contributed by atoms with Crippen molar-refractivity contribution in [2.24, 2.45) is 0 Å². The van der Waals surface area contributed by atoms with Crippen molar-refractivity contribution in [1.29, 1.82) is 0 Å². The SMILES string of the molecule is CCCCCS(=O)(=O)C(C)C(=O)OCC. The Labute approximate surface area is 91.9 Å². The lowest BCUT2D eigenvalue weighted by atomic mass is 10.3. The summed E-state index contributed by atoms with van der Waals surface area (Å²) < 4.78 is 27.9. The maximum atomic E-state index is 11.6. The van der Waals surface area contributed by atoms with Gasteiger partial charge in [-0.05, 0) is 20.3 Å². The van der Waals surface area contributed by atoms with Crippen LogP contribution in [0.1, 0.15) is 40.0 Å². The number of carbonyl (C=O) groups excluding carboxylic acids is 1. The predicted octanol–water partition coefficient (Wildman–Crippen LogP) is 1.54. The number of ether oxygens (including phenoxy) is 1. The predicted molar refractivity (Wildman–Crippen MR) is 59.4 cm³/mol. The van der Waals surface area contributed by atoms with Crippen LogP contribution in [0.25, 0.3) is 0 Å². The maximum Gasteiger partial charge on any atom is 0.324 e. The average Bonchev–Trinajstić information content (AvgIpc) is 2.17. The van der Waals surface area contributed by atoms with E-state index in [0.29, 0.717) is 6.42 Å². The van der Waals surface area contributed by atoms with Gasteiger partial charge in [0.15, 0.2) is 15.1 Å². The third-order valence-electron chi connectivity index (χ3n) is 2.19. The molecule has 0 aliphatic carbocycles. The topological polar surface area (TPSA) is 60.4 Å². The van der Waals surface area contributed by atoms with Gasteiger partial charge in [-0.25, -0.2) is 8.42 Å². The molecule has 4 nitrogen and oxygen atoms in total. The lowest BCUT2D eigenvalue weighted by Gasteiger charge is -2.11. The minimum atomic E-state index is -3.33. The first kappa shape index (κ1) is 14.4. The molecule has 90 valence electrons. The van der Waals surface area contributed by atoms with Crippen molar-refractivity contribution >= 4 is 15.8 Å². The minimum absolute atomic E-state index is 0.0703. The van der Waals surface area contributed by atoms with E-state index in [-0.39, 0.29) is 12.4 Å². The van der Waals surface area contributed by atoms with Crippen molar-refractivity contribution in [1.82, 2.24) is 0 Å². The summed E-state index contributed by atoms with van der Waals surface area (Å²) >= 11 is 0. The van der Waals surface area contributed by atoms with E-state index in [1.54, 1.807) is 6.92 Å². The molecule has 0 N–H and O–H groups in total. The van der Waals surface area contributed by atoms with Gasteiger partial charge < -0.3 is 4.74 Å². The summed E-state index contributed by atoms with van der Waals surface area (Å²) in [5.74, 6) is -0.574. The Morgan fingerprint density at radius 3 is 2.33 bits per heavy atom. The van der Waals surface area contributed by atoms with Gasteiger partial charge in [-0.15, -0.1) is 0 Å². The molecule has 5 heteroatoms. The van der Waals surface area contributed by atoms with E-state index in [1.165, 1.54) is 6.92 Å². The second-order valence-corrected chi connectivity index (χ2v) is 5.91. The molecule has 15 heavy (non-hydrogen) atoms. The lowest BCUT2D eigenvalue weighted by Crippen LogP contribution is -2.31. The molecule has 0 aliphatic rings. The fraction of sp³-hybridized carbons (Fsp3) is 0.900. The van der Waals surface area contributed by atoms with Crippen LogP contribution in [0, 0.1) is 0 Å². The molecule has 1 unspecified atom stereocenters. The first-order valence-electron chi connectivity index (χ1n) is 5.33. The van der Waals surface area contributed by atoms with Gasteiger partial charge in [0.05, 0.1) is 12.4 Å². The summed E-state index contributed by atoms with van der Waals surface area (Å²) in [5.41, 5.74) is 0. The summed E-state index contributed by atoms with van der Waals surface area (Å²) in [6.45, 7) is 5.27. The van der Waals surface area contributed by atoms with Gasteiger partial charge in [-0.1, -0.05) is 19.8 Å². The number of hydrogen-bond donors (Lipinski definition) is 0. The molecule has 0 radical (unpaired) electrons. The van der Waals surface area contributed by atoms with Crippen molar-refractivity contribution in [2.75, 3.05) is 12.4 Å². The van der Waals surface area contributed by atoms with Gasteiger partial charge in [-0.3, -0.25) is 4.79 Å². The monoisotopic (exact) mass is 236 g/mol. The average molecular weight is 236 g/mol. The van der Waals surface area contributed by atoms with Crippen LogP contribution >= 0.6 is 0 Å². The number of sulfone groups is 1. The Hall–Kier alpha value is -0.580. The standard InChI is InChI=1S/C10H20O4S/c1-4-6-7-8-15(12,13)9(3)10(11)14-5-2/h9H,4-8H2,1-3H3. The maximum absolute atomic E-state index is 11.6. The van der Waals surface area contributed by atoms with Crippen molar-refractivity contribution < 1.29 is 17.9 Å². The Morgan fingerprint density at radius 2 is 1.87 bits per heavy atom. The normalized spacial score (nSPS) is 13.5. The van der Waals surface area contributed by atoms with Crippen molar-refractivity contribution in [3.8, 4) is 0 Å². The van der Waals surface area contributed by atoms with E-state index in [2.05, 4.69) is 4.74 Å². The van der Waals surface area contributed by atoms with Crippen LogP contribution in [-0.2, 0) is 19.4 Å². The zero-order valence-corrected chi connectivity index (χ0v) is 10.5. The fourth-order valence-electron chi connectivity index (χ4n) is 1.14. The van der Waals surface area contributed by atoms with Crippen molar-refractivity contribution in [2.45, 2.75) is 45.3 Å². The molecule has 0 saturated heterocycles. The van der Waals surface area contributed by atoms with Crippen molar-refractivity contribution in [3.05, 3.63) is 0 Å². The van der Waals surface area contributed by atoms with E-state index in [0.717, 1.165) is 12.8 Å². The third kappa shape index (κ3) is 5.16. The van der Waals surface area contributed by atoms with Crippen LogP contribution in [0.4, 0.5) is 0 Å². The minimum Gasteiger partial charge on any atom is -0.465 e. The second kappa shape index (κ2) is 6.82. The molecule has 0 spiro atoms. The molecule has 0 fully saturated rings. The van der Waals surface area contributed by atoms with Crippen LogP contribution in [0.3, 0.4) is 0 Å². The summed E-state index contributed by atoms with van der Waals surface area (Å²) in [7, 11) is -3.33. The van der Waals surface area contributed by atoms with Crippen LogP contribution in [0.5, 0.6) is 0 Å². The van der Waals surface area contributed by atoms with Gasteiger partial charge in [0.2, 0.25) is 0 Å². The Bertz CT molecular complexity index is 282. The van der Waals surface area contributed by atoms with E-state index in [9.17, 15) is 13.2 Å². The molecule has 0 saturated carbocycles. The summed E-state index contributed by atoms with van der Waals surface area (Å²) in [6.07, 6.45) is 2.45. The molecule has 0 aromatic carbocycles. The van der Waals surface area contributed by atoms with Gasteiger partial charge >= 0.3 is 5.97 Å². The highest BCUT2D eigenvalue weighted by Gasteiger charge is 2.28. The Kier molecular flexibility index (Phi) is 6.56. The van der Waals surface area contributed by atoms with E-state index in [4.69, 9.17) is 0 Å². The van der Waals surface area contributed by atoms with Crippen molar-refractivity contribution in [3.63, 3.8) is 0 Å². The molecule has 0 rings (SSSR count). The molecule has 0 aliphatic heterocycles. The zero-order chi connectivity index (χ0) is 11.9. The summed E-state index contributed by atoms with van der Waals surface area (Å²) in [6, 6.07) is 0. The first-order chi connectivity index (χ1) is 6.95. The van der Waals surface area contributed by atoms with Gasteiger partial charge in [0.25, 0.3) is 0 Å². The molecule has 1 atom stereocenters. The summed E-state index contributed by atoms with van der Waals surface area (Å²) in [5, 5.41) is -1.03. The highest BCUT2D eigenvalue weighted by atomic mass is 32.2. The number of rotatable bonds is 7. The van der Waals surface area contributed by atoms with Gasteiger partial charge in [0, 0.05) is 0 Å². The lowest BCUT2D eigenvalue weighted by molar-refractivity contribution is -0.142. The van der Waals surface area contributed by atoms with E-state index in [1.807, 2.05) is 6.92 Å². The molecule has 0 amide bonds. The Balaban J connectivity index is 4.26. The molecule has 0 aromatic rings. The molecule has 0 heterocycles. The number of hydrogen-bond acceptors (Lipinski definition) is 4. The van der Waals surface area contributed by atoms with Crippen LogP contribution in [0.15, 0.2) is 0 Å². The number of unbranched alkanes of at least 4 members (excludes halogenated alkanes) is 2. The van der Waals surface area contributed by atoms with E-state index >= 15 is 0 Å². The zero-order valence-electron chi connectivity index (χ0n) is 9.65. The van der Waals surface area contributed by atoms with Gasteiger partial charge in [0.1, 0.15) is 0 Å². The fourth-order valence-corrected chi connectivity index (χ4v) is 2.46. The number of esters is 1. The molecule has 0 aromatic heterocycles. The smallest absolute Gasteiger partial charge is 0.324 e. The van der Waals surface area contributed by atoms with Crippen LogP contribution in [-0.4, -0.2) is 32.0 Å². The quantitative estimate of drug-likeness (QED) is 0.497. The highest BCUT2D eigenvalue weighted by molar-refractivity contribution is 7.92. The molecule has 0 bridgehead atoms. The largest absolute Gasteiger partial charge is 0.465 e. The Morgan fingerprint density at radius 1 is 1.27 bits per heavy atom. The van der Waals surface area contributed by atoms with Gasteiger partial charge in [-0.2, -0.15) is 0 Å². The summed E-state index contributed by atoms with van der Waals surface area (Å²) in [4.78, 5) is 11.2. The highest BCUT2D eigenvalue weighted by Crippen LogP contribution is 2.08.